The molecule has 5 heteroatoms. The number of nitrogens with zero attached hydrogens (tertiary/aromatic N) is 1. The highest BCUT2D eigenvalue weighted by atomic mass is 16.5. The van der Waals surface area contributed by atoms with Crippen LogP contribution in [0.5, 0.6) is 0 Å². The molecule has 2 N–H and O–H groups in total. The Morgan fingerprint density at radius 3 is 3.11 bits per heavy atom. The van der Waals surface area contributed by atoms with Gasteiger partial charge in [-0.2, -0.15) is 0 Å². The monoisotopic (exact) mass is 251 g/mol. The standard InChI is InChI=1S/C13H21N3O2/c1-3-7-14-13(16-9-11-17-2)15-8-6-12-5-4-10-18-12/h3-5,10H,1,6-9,11H2,2H3,(H2,14,15,16). The van der Waals surface area contributed by atoms with Gasteiger partial charge < -0.3 is 19.8 Å². The van der Waals surface area contributed by atoms with Gasteiger partial charge in [-0.25, -0.2) is 0 Å². The average molecular weight is 251 g/mol. The second-order valence-corrected chi connectivity index (χ2v) is 3.65. The fourth-order valence-corrected chi connectivity index (χ4v) is 1.35. The minimum atomic E-state index is 0.610. The molecule has 1 aromatic rings. The van der Waals surface area contributed by atoms with Crippen LogP contribution in [0.3, 0.4) is 0 Å². The molecule has 0 aliphatic carbocycles. The van der Waals surface area contributed by atoms with Gasteiger partial charge in [0.1, 0.15) is 5.76 Å². The SMILES string of the molecule is C=CCNC(=NCCOC)NCCc1ccco1. The molecule has 1 aromatic heterocycles. The summed E-state index contributed by atoms with van der Waals surface area (Å²) in [7, 11) is 1.66. The Kier molecular flexibility index (Phi) is 7.39. The van der Waals surface area contributed by atoms with Crippen LogP contribution in [-0.2, 0) is 11.2 Å². The zero-order valence-electron chi connectivity index (χ0n) is 10.8. The van der Waals surface area contributed by atoms with Gasteiger partial charge in [0.25, 0.3) is 0 Å². The summed E-state index contributed by atoms with van der Waals surface area (Å²) in [6.45, 7) is 6.35. The average Bonchev–Trinajstić information content (AvgIpc) is 2.88. The maximum Gasteiger partial charge on any atom is 0.191 e. The van der Waals surface area contributed by atoms with Crippen molar-refractivity contribution in [3.63, 3.8) is 0 Å². The molecule has 18 heavy (non-hydrogen) atoms. The third-order valence-electron chi connectivity index (χ3n) is 2.22. The molecular weight excluding hydrogens is 230 g/mol. The number of hydrogen-bond acceptors (Lipinski definition) is 3. The van der Waals surface area contributed by atoms with Gasteiger partial charge in [-0.3, -0.25) is 4.99 Å². The lowest BCUT2D eigenvalue weighted by Crippen LogP contribution is -2.38. The summed E-state index contributed by atoms with van der Waals surface area (Å²) < 4.78 is 10.2. The molecule has 0 saturated heterocycles. The number of ether oxygens (including phenoxy) is 1. The van der Waals surface area contributed by atoms with Crippen LogP contribution in [0.1, 0.15) is 5.76 Å². The van der Waals surface area contributed by atoms with Gasteiger partial charge in [0, 0.05) is 26.6 Å². The van der Waals surface area contributed by atoms with Crippen molar-refractivity contribution in [2.45, 2.75) is 6.42 Å². The maximum atomic E-state index is 5.26. The van der Waals surface area contributed by atoms with Crippen LogP contribution in [0.2, 0.25) is 0 Å². The van der Waals surface area contributed by atoms with Crippen molar-refractivity contribution in [3.05, 3.63) is 36.8 Å². The highest BCUT2D eigenvalue weighted by Gasteiger charge is 1.98. The van der Waals surface area contributed by atoms with Crippen LogP contribution in [-0.4, -0.2) is 39.3 Å². The molecule has 0 amide bonds. The van der Waals surface area contributed by atoms with Crippen molar-refractivity contribution in [1.29, 1.82) is 0 Å². The molecule has 0 atom stereocenters. The summed E-state index contributed by atoms with van der Waals surface area (Å²) >= 11 is 0. The summed E-state index contributed by atoms with van der Waals surface area (Å²) in [5.74, 6) is 1.72. The second-order valence-electron chi connectivity index (χ2n) is 3.65. The van der Waals surface area contributed by atoms with E-state index in [1.54, 1.807) is 19.4 Å². The van der Waals surface area contributed by atoms with Crippen molar-refractivity contribution < 1.29 is 9.15 Å². The number of guanidine groups is 1. The van der Waals surface area contributed by atoms with Gasteiger partial charge in [0.2, 0.25) is 0 Å². The van der Waals surface area contributed by atoms with Crippen molar-refractivity contribution in [1.82, 2.24) is 10.6 Å². The number of methoxy groups -OCH3 is 1. The quantitative estimate of drug-likeness (QED) is 0.315. The highest BCUT2D eigenvalue weighted by molar-refractivity contribution is 5.79. The van der Waals surface area contributed by atoms with Crippen molar-refractivity contribution >= 4 is 5.96 Å². The minimum Gasteiger partial charge on any atom is -0.469 e. The van der Waals surface area contributed by atoms with Gasteiger partial charge in [-0.05, 0) is 12.1 Å². The normalized spacial score (nSPS) is 11.3. The number of nitrogens with one attached hydrogen (secondary N) is 2. The zero-order valence-corrected chi connectivity index (χ0v) is 10.8. The molecule has 0 unspecified atom stereocenters. The lowest BCUT2D eigenvalue weighted by Gasteiger charge is -2.10. The first-order valence-electron chi connectivity index (χ1n) is 6.01. The van der Waals surface area contributed by atoms with E-state index in [4.69, 9.17) is 9.15 Å². The summed E-state index contributed by atoms with van der Waals surface area (Å²) in [5.41, 5.74) is 0. The molecule has 0 spiro atoms. The topological polar surface area (TPSA) is 58.8 Å². The largest absolute Gasteiger partial charge is 0.469 e. The Bertz CT molecular complexity index is 347. The first kappa shape index (κ1) is 14.3. The molecule has 0 aliphatic heterocycles. The lowest BCUT2D eigenvalue weighted by atomic mass is 10.3. The Labute approximate surface area is 108 Å². The molecule has 0 saturated carbocycles. The van der Waals surface area contributed by atoms with E-state index in [-0.39, 0.29) is 0 Å². The maximum absolute atomic E-state index is 5.26. The first-order valence-corrected chi connectivity index (χ1v) is 6.01. The first-order chi connectivity index (χ1) is 8.86. The van der Waals surface area contributed by atoms with Gasteiger partial charge in [0.15, 0.2) is 5.96 Å². The Morgan fingerprint density at radius 2 is 2.44 bits per heavy atom. The van der Waals surface area contributed by atoms with Crippen LogP contribution in [0, 0.1) is 0 Å². The summed E-state index contributed by atoms with van der Waals surface area (Å²) in [6, 6.07) is 3.85. The third-order valence-corrected chi connectivity index (χ3v) is 2.22. The second kappa shape index (κ2) is 9.30. The van der Waals surface area contributed by atoms with Crippen LogP contribution < -0.4 is 10.6 Å². The van der Waals surface area contributed by atoms with Gasteiger partial charge >= 0.3 is 0 Å². The Hall–Kier alpha value is -1.75. The highest BCUT2D eigenvalue weighted by Crippen LogP contribution is 1.99. The van der Waals surface area contributed by atoms with Gasteiger partial charge in [-0.15, -0.1) is 6.58 Å². The summed E-state index contributed by atoms with van der Waals surface area (Å²) in [4.78, 5) is 4.36. The predicted molar refractivity (Wildman–Crippen MR) is 72.8 cm³/mol. The van der Waals surface area contributed by atoms with E-state index in [2.05, 4.69) is 22.2 Å². The molecule has 0 radical (unpaired) electrons. The molecule has 0 aromatic carbocycles. The minimum absolute atomic E-state index is 0.610. The van der Waals surface area contributed by atoms with E-state index in [9.17, 15) is 0 Å². The van der Waals surface area contributed by atoms with E-state index in [1.165, 1.54) is 0 Å². The fourth-order valence-electron chi connectivity index (χ4n) is 1.35. The molecule has 1 rings (SSSR count). The van der Waals surface area contributed by atoms with E-state index in [0.717, 1.165) is 24.7 Å². The smallest absolute Gasteiger partial charge is 0.191 e. The number of hydrogen-bond donors (Lipinski definition) is 2. The molecule has 1 heterocycles. The number of rotatable bonds is 8. The Morgan fingerprint density at radius 1 is 1.56 bits per heavy atom. The molecule has 5 nitrogen and oxygen atoms in total. The summed E-state index contributed by atoms with van der Waals surface area (Å²) in [6.07, 6.45) is 4.30. The molecule has 0 fully saturated rings. The van der Waals surface area contributed by atoms with Crippen LogP contribution >= 0.6 is 0 Å². The number of furan rings is 1. The van der Waals surface area contributed by atoms with E-state index < -0.39 is 0 Å². The summed E-state index contributed by atoms with van der Waals surface area (Å²) in [5, 5.41) is 6.37. The van der Waals surface area contributed by atoms with Crippen molar-refractivity contribution in [2.75, 3.05) is 33.4 Å². The molecule has 100 valence electrons. The van der Waals surface area contributed by atoms with Crippen LogP contribution in [0.15, 0.2) is 40.5 Å². The fraction of sp³-hybridized carbons (Fsp3) is 0.462. The van der Waals surface area contributed by atoms with E-state index in [1.807, 2.05) is 12.1 Å². The number of aliphatic imine (C=N–C) groups is 1. The third kappa shape index (κ3) is 6.10. The zero-order chi connectivity index (χ0) is 13.1. The van der Waals surface area contributed by atoms with Gasteiger partial charge in [-0.1, -0.05) is 6.08 Å². The Balaban J connectivity index is 2.30. The van der Waals surface area contributed by atoms with Gasteiger partial charge in [0.05, 0.1) is 19.4 Å². The van der Waals surface area contributed by atoms with Crippen molar-refractivity contribution in [3.8, 4) is 0 Å². The van der Waals surface area contributed by atoms with Crippen molar-refractivity contribution in [2.24, 2.45) is 4.99 Å². The van der Waals surface area contributed by atoms with E-state index in [0.29, 0.717) is 19.7 Å². The van der Waals surface area contributed by atoms with Crippen LogP contribution in [0.4, 0.5) is 0 Å². The van der Waals surface area contributed by atoms with E-state index >= 15 is 0 Å². The molecule has 0 aliphatic rings. The lowest BCUT2D eigenvalue weighted by molar-refractivity contribution is 0.208. The van der Waals surface area contributed by atoms with Crippen LogP contribution in [0.25, 0.3) is 0 Å². The molecular formula is C13H21N3O2. The predicted octanol–water partition coefficient (Wildman–Crippen LogP) is 1.19. The molecule has 0 bridgehead atoms.